The maximum absolute atomic E-state index is 13.9. The molecule has 39 heavy (non-hydrogen) atoms. The number of hydrogen-bond acceptors (Lipinski definition) is 8. The minimum Gasteiger partial charge on any atom is -0.494 e. The van der Waals surface area contributed by atoms with Crippen LogP contribution < -0.4 is 15.6 Å². The Morgan fingerprint density at radius 2 is 1.82 bits per heavy atom. The number of carbonyl (C=O) groups is 2. The normalized spacial score (nSPS) is 20.6. The van der Waals surface area contributed by atoms with Crippen LogP contribution in [0, 0.1) is 5.92 Å². The number of esters is 1. The molecule has 2 aliphatic rings. The number of nitrogens with one attached hydrogen (secondary N) is 2. The molecule has 1 saturated carbocycles. The first-order valence-corrected chi connectivity index (χ1v) is 13.6. The molecule has 4 rings (SSSR count). The summed E-state index contributed by atoms with van der Waals surface area (Å²) in [5.41, 5.74) is 5.33. The van der Waals surface area contributed by atoms with Gasteiger partial charge in [0.25, 0.3) is 5.91 Å². The van der Waals surface area contributed by atoms with Crippen LogP contribution in [0.5, 0.6) is 5.75 Å². The van der Waals surface area contributed by atoms with E-state index >= 15 is 0 Å². The van der Waals surface area contributed by atoms with Crippen molar-refractivity contribution in [3.05, 3.63) is 65.7 Å². The largest absolute Gasteiger partial charge is 0.494 e. The van der Waals surface area contributed by atoms with Gasteiger partial charge in [0.05, 0.1) is 6.61 Å². The van der Waals surface area contributed by atoms with Crippen molar-refractivity contribution in [2.75, 3.05) is 19.8 Å². The minimum absolute atomic E-state index is 0.00553. The Hall–Kier alpha value is -3.43. The molecule has 0 radical (unpaired) electrons. The van der Waals surface area contributed by atoms with Gasteiger partial charge in [0, 0.05) is 31.6 Å². The Balaban J connectivity index is 1.64. The number of nitrogens with zero attached hydrogens (tertiary/aromatic N) is 1. The number of hydrogen-bond donors (Lipinski definition) is 3. The summed E-state index contributed by atoms with van der Waals surface area (Å²) >= 11 is 0. The second-order valence-corrected chi connectivity index (χ2v) is 11.1. The number of ether oxygens (including phenoxy) is 3. The zero-order valence-corrected chi connectivity index (χ0v) is 22.9. The predicted octanol–water partition coefficient (Wildman–Crippen LogP) is 3.86. The lowest BCUT2D eigenvalue weighted by Crippen LogP contribution is -2.53. The lowest BCUT2D eigenvalue weighted by atomic mass is 9.83. The molecule has 0 saturated heterocycles. The quantitative estimate of drug-likeness (QED) is 0.202. The lowest BCUT2D eigenvalue weighted by molar-refractivity contribution is -0.155. The van der Waals surface area contributed by atoms with Crippen molar-refractivity contribution in [3.63, 3.8) is 0 Å². The van der Waals surface area contributed by atoms with Crippen molar-refractivity contribution in [1.82, 2.24) is 10.9 Å². The first-order valence-electron chi connectivity index (χ1n) is 13.6. The van der Waals surface area contributed by atoms with Crippen molar-refractivity contribution in [2.45, 2.75) is 70.1 Å². The molecule has 2 atom stereocenters. The topological polar surface area (TPSA) is 118 Å². The zero-order valence-electron chi connectivity index (χ0n) is 22.9. The number of amides is 1. The number of aliphatic hydroxyl groups is 1. The molecule has 1 fully saturated rings. The molecular weight excluding hydrogens is 498 g/mol. The molecule has 1 aliphatic heterocycles. The average Bonchev–Trinajstić information content (AvgIpc) is 3.65. The summed E-state index contributed by atoms with van der Waals surface area (Å²) in [5.74, 6) is 0.765. The van der Waals surface area contributed by atoms with Crippen LogP contribution in [0.15, 0.2) is 59.6 Å². The third kappa shape index (κ3) is 7.80. The Bertz CT molecular complexity index is 1140. The van der Waals surface area contributed by atoms with Crippen molar-refractivity contribution in [1.29, 1.82) is 0 Å². The van der Waals surface area contributed by atoms with Gasteiger partial charge in [-0.1, -0.05) is 30.3 Å². The molecule has 9 heteroatoms. The Kier molecular flexibility index (Phi) is 9.24. The zero-order chi connectivity index (χ0) is 27.9. The van der Waals surface area contributed by atoms with E-state index in [-0.39, 0.29) is 25.4 Å². The summed E-state index contributed by atoms with van der Waals surface area (Å²) in [5, 5.41) is 8.98. The SMILES string of the molecule is CC(C)(C)OC(=O)CC[C@]1(C(=O)NNCC2CC2)N=C(c2ccc(OCCCO)cc2)O[C@H]1c1ccccc1. The van der Waals surface area contributed by atoms with Gasteiger partial charge in [0.15, 0.2) is 11.6 Å². The van der Waals surface area contributed by atoms with E-state index in [4.69, 9.17) is 24.3 Å². The van der Waals surface area contributed by atoms with Gasteiger partial charge in [0.2, 0.25) is 5.90 Å². The predicted molar refractivity (Wildman–Crippen MR) is 147 cm³/mol. The molecule has 1 amide bonds. The van der Waals surface area contributed by atoms with E-state index in [0.717, 1.165) is 18.4 Å². The van der Waals surface area contributed by atoms with E-state index in [1.807, 2.05) is 63.2 Å². The highest BCUT2D eigenvalue weighted by atomic mass is 16.6. The van der Waals surface area contributed by atoms with Crippen LogP contribution in [0.4, 0.5) is 0 Å². The minimum atomic E-state index is -1.40. The molecule has 0 bridgehead atoms. The highest BCUT2D eigenvalue weighted by molar-refractivity contribution is 6.01. The van der Waals surface area contributed by atoms with Crippen molar-refractivity contribution in [3.8, 4) is 5.75 Å². The van der Waals surface area contributed by atoms with Gasteiger partial charge in [-0.3, -0.25) is 15.0 Å². The standard InChI is InChI=1S/C30H39N3O6/c1-29(2,3)39-25(35)16-17-30(28(36)33-31-20-21-10-11-21)26(22-8-5-4-6-9-22)38-27(32-30)23-12-14-24(15-13-23)37-19-7-18-34/h4-6,8-9,12-15,21,26,31,34H,7,10-11,16-20H2,1-3H3,(H,33,36)/t26-,30-/m0/s1. The molecule has 2 aromatic rings. The van der Waals surface area contributed by atoms with Gasteiger partial charge in [-0.2, -0.15) is 0 Å². The molecule has 1 heterocycles. The Morgan fingerprint density at radius 1 is 1.10 bits per heavy atom. The molecular formula is C30H39N3O6. The van der Waals surface area contributed by atoms with Crippen LogP contribution in [-0.4, -0.2) is 53.8 Å². The molecule has 9 nitrogen and oxygen atoms in total. The maximum Gasteiger partial charge on any atom is 0.306 e. The first-order chi connectivity index (χ1) is 18.7. The van der Waals surface area contributed by atoms with Gasteiger partial charge >= 0.3 is 5.97 Å². The fraction of sp³-hybridized carbons (Fsp3) is 0.500. The number of benzene rings is 2. The summed E-state index contributed by atoms with van der Waals surface area (Å²) in [7, 11) is 0. The monoisotopic (exact) mass is 537 g/mol. The summed E-state index contributed by atoms with van der Waals surface area (Å²) < 4.78 is 17.6. The fourth-order valence-electron chi connectivity index (χ4n) is 4.39. The van der Waals surface area contributed by atoms with Gasteiger partial charge in [-0.05, 0) is 75.8 Å². The molecule has 0 unspecified atom stereocenters. The molecule has 1 aliphatic carbocycles. The van der Waals surface area contributed by atoms with E-state index in [1.165, 1.54) is 0 Å². The smallest absolute Gasteiger partial charge is 0.306 e. The second-order valence-electron chi connectivity index (χ2n) is 11.1. The molecule has 0 spiro atoms. The molecule has 0 aromatic heterocycles. The van der Waals surface area contributed by atoms with Crippen LogP contribution in [0.3, 0.4) is 0 Å². The van der Waals surface area contributed by atoms with E-state index in [1.54, 1.807) is 12.1 Å². The van der Waals surface area contributed by atoms with Gasteiger partial charge in [-0.15, -0.1) is 0 Å². The summed E-state index contributed by atoms with van der Waals surface area (Å²) in [6.07, 6.45) is 2.17. The number of hydrazine groups is 1. The summed E-state index contributed by atoms with van der Waals surface area (Å²) in [4.78, 5) is 31.5. The van der Waals surface area contributed by atoms with Crippen LogP contribution in [0.25, 0.3) is 0 Å². The van der Waals surface area contributed by atoms with Crippen molar-refractivity contribution < 1.29 is 28.9 Å². The highest BCUT2D eigenvalue weighted by Crippen LogP contribution is 2.43. The van der Waals surface area contributed by atoms with E-state index < -0.39 is 23.2 Å². The highest BCUT2D eigenvalue weighted by Gasteiger charge is 2.53. The van der Waals surface area contributed by atoms with Crippen LogP contribution >= 0.6 is 0 Å². The number of carbonyl (C=O) groups excluding carboxylic acids is 2. The summed E-state index contributed by atoms with van der Waals surface area (Å²) in [6, 6.07) is 16.7. The summed E-state index contributed by atoms with van der Waals surface area (Å²) in [6.45, 7) is 6.59. The van der Waals surface area contributed by atoms with Crippen molar-refractivity contribution in [2.24, 2.45) is 10.9 Å². The van der Waals surface area contributed by atoms with Crippen LogP contribution in [-0.2, 0) is 19.1 Å². The van der Waals surface area contributed by atoms with Gasteiger partial charge < -0.3 is 19.3 Å². The molecule has 3 N–H and O–H groups in total. The lowest BCUT2D eigenvalue weighted by Gasteiger charge is -2.31. The average molecular weight is 538 g/mol. The fourth-order valence-corrected chi connectivity index (χ4v) is 4.39. The first kappa shape index (κ1) is 28.6. The van der Waals surface area contributed by atoms with Gasteiger partial charge in [0.1, 0.15) is 11.4 Å². The number of rotatable bonds is 13. The van der Waals surface area contributed by atoms with Crippen molar-refractivity contribution >= 4 is 17.8 Å². The third-order valence-electron chi connectivity index (χ3n) is 6.55. The van der Waals surface area contributed by atoms with Gasteiger partial charge in [-0.25, -0.2) is 10.4 Å². The number of aliphatic hydroxyl groups excluding tert-OH is 1. The second kappa shape index (κ2) is 12.6. The van der Waals surface area contributed by atoms with E-state index in [2.05, 4.69) is 10.9 Å². The third-order valence-corrected chi connectivity index (χ3v) is 6.55. The number of aliphatic imine (C=N–C) groups is 1. The molecule has 210 valence electrons. The van der Waals surface area contributed by atoms with E-state index in [0.29, 0.717) is 42.7 Å². The van der Waals surface area contributed by atoms with E-state index in [9.17, 15) is 9.59 Å². The van der Waals surface area contributed by atoms with Crippen LogP contribution in [0.2, 0.25) is 0 Å². The maximum atomic E-state index is 13.9. The Morgan fingerprint density at radius 3 is 2.46 bits per heavy atom. The molecule has 2 aromatic carbocycles. The Labute approximate surface area is 229 Å². The van der Waals surface area contributed by atoms with Crippen LogP contribution in [0.1, 0.15) is 70.1 Å².